The highest BCUT2D eigenvalue weighted by Crippen LogP contribution is 2.18. The van der Waals surface area contributed by atoms with Crippen LogP contribution in [0, 0.1) is 5.92 Å². The lowest BCUT2D eigenvalue weighted by Crippen LogP contribution is -2.32. The molecule has 2 rings (SSSR count). The SMILES string of the molecule is CC1CC(c2cccs2)=NNC1=O. The van der Waals surface area contributed by atoms with E-state index in [0.717, 1.165) is 17.0 Å². The zero-order chi connectivity index (χ0) is 9.26. The standard InChI is InChI=1S/C9H10N2OS/c1-6-5-7(10-11-9(6)12)8-3-2-4-13-8/h2-4,6H,5H2,1H3,(H,11,12). The summed E-state index contributed by atoms with van der Waals surface area (Å²) in [4.78, 5) is 12.2. The summed E-state index contributed by atoms with van der Waals surface area (Å²) in [6.45, 7) is 1.91. The predicted molar refractivity (Wildman–Crippen MR) is 52.8 cm³/mol. The van der Waals surface area contributed by atoms with Crippen LogP contribution in [-0.2, 0) is 4.79 Å². The number of thiophene rings is 1. The van der Waals surface area contributed by atoms with Crippen molar-refractivity contribution in [1.29, 1.82) is 0 Å². The summed E-state index contributed by atoms with van der Waals surface area (Å²) >= 11 is 1.65. The van der Waals surface area contributed by atoms with Gasteiger partial charge >= 0.3 is 0 Å². The molecule has 0 fully saturated rings. The Balaban J connectivity index is 2.23. The minimum absolute atomic E-state index is 0.0142. The highest BCUT2D eigenvalue weighted by Gasteiger charge is 2.21. The number of nitrogens with zero attached hydrogens (tertiary/aromatic N) is 1. The molecule has 1 N–H and O–H groups in total. The van der Waals surface area contributed by atoms with Gasteiger partial charge in [0.1, 0.15) is 0 Å². The number of hydrazone groups is 1. The number of carbonyl (C=O) groups excluding carboxylic acids is 1. The molecular formula is C9H10N2OS. The molecule has 1 atom stereocenters. The molecule has 1 aromatic rings. The van der Waals surface area contributed by atoms with E-state index in [1.807, 2.05) is 24.4 Å². The zero-order valence-corrected chi connectivity index (χ0v) is 8.10. The lowest BCUT2D eigenvalue weighted by Gasteiger charge is -2.16. The maximum Gasteiger partial charge on any atom is 0.243 e. The van der Waals surface area contributed by atoms with Crippen LogP contribution >= 0.6 is 11.3 Å². The minimum Gasteiger partial charge on any atom is -0.273 e. The quantitative estimate of drug-likeness (QED) is 0.725. The molecule has 0 aliphatic carbocycles. The van der Waals surface area contributed by atoms with Crippen molar-refractivity contribution in [3.63, 3.8) is 0 Å². The molecule has 0 bridgehead atoms. The molecular weight excluding hydrogens is 184 g/mol. The van der Waals surface area contributed by atoms with E-state index in [-0.39, 0.29) is 11.8 Å². The third kappa shape index (κ3) is 1.62. The van der Waals surface area contributed by atoms with E-state index in [9.17, 15) is 4.79 Å². The smallest absolute Gasteiger partial charge is 0.243 e. The van der Waals surface area contributed by atoms with Crippen molar-refractivity contribution in [2.24, 2.45) is 11.0 Å². The molecule has 68 valence electrons. The average molecular weight is 194 g/mol. The van der Waals surface area contributed by atoms with E-state index in [1.165, 1.54) is 0 Å². The normalized spacial score (nSPS) is 22.4. The number of carbonyl (C=O) groups is 1. The van der Waals surface area contributed by atoms with Crippen LogP contribution in [0.4, 0.5) is 0 Å². The molecule has 1 unspecified atom stereocenters. The first kappa shape index (κ1) is 8.44. The second-order valence-corrected chi connectivity index (χ2v) is 4.06. The predicted octanol–water partition coefficient (Wildman–Crippen LogP) is 1.61. The summed E-state index contributed by atoms with van der Waals surface area (Å²) in [5, 5.41) is 6.04. The van der Waals surface area contributed by atoms with Gasteiger partial charge in [-0.05, 0) is 11.4 Å². The van der Waals surface area contributed by atoms with Crippen molar-refractivity contribution in [2.45, 2.75) is 13.3 Å². The molecule has 1 aliphatic rings. The largest absolute Gasteiger partial charge is 0.273 e. The van der Waals surface area contributed by atoms with Gasteiger partial charge in [-0.15, -0.1) is 11.3 Å². The fourth-order valence-electron chi connectivity index (χ4n) is 1.26. The lowest BCUT2D eigenvalue weighted by atomic mass is 10.0. The summed E-state index contributed by atoms with van der Waals surface area (Å²) in [7, 11) is 0. The molecule has 1 aromatic heterocycles. The Kier molecular flexibility index (Phi) is 2.14. The molecule has 0 aromatic carbocycles. The van der Waals surface area contributed by atoms with E-state index in [2.05, 4.69) is 10.5 Å². The summed E-state index contributed by atoms with van der Waals surface area (Å²) in [6.07, 6.45) is 0.742. The first-order valence-corrected chi connectivity index (χ1v) is 5.05. The van der Waals surface area contributed by atoms with Gasteiger partial charge < -0.3 is 0 Å². The van der Waals surface area contributed by atoms with Gasteiger partial charge in [0.2, 0.25) is 5.91 Å². The molecule has 13 heavy (non-hydrogen) atoms. The highest BCUT2D eigenvalue weighted by atomic mass is 32.1. The third-order valence-electron chi connectivity index (χ3n) is 2.05. The Labute approximate surface area is 80.5 Å². The molecule has 3 nitrogen and oxygen atoms in total. The van der Waals surface area contributed by atoms with Crippen molar-refractivity contribution in [2.75, 3.05) is 0 Å². The van der Waals surface area contributed by atoms with Crippen LogP contribution in [0.2, 0.25) is 0 Å². The van der Waals surface area contributed by atoms with Crippen LogP contribution in [0.3, 0.4) is 0 Å². The van der Waals surface area contributed by atoms with Gasteiger partial charge in [0.05, 0.1) is 10.6 Å². The molecule has 1 amide bonds. The Bertz CT molecular complexity index is 343. The van der Waals surface area contributed by atoms with Gasteiger partial charge in [-0.25, -0.2) is 5.43 Å². The molecule has 4 heteroatoms. The van der Waals surface area contributed by atoms with Crippen molar-refractivity contribution < 1.29 is 4.79 Å². The number of hydrogen-bond donors (Lipinski definition) is 1. The Morgan fingerprint density at radius 2 is 2.54 bits per heavy atom. The van der Waals surface area contributed by atoms with E-state index < -0.39 is 0 Å². The van der Waals surface area contributed by atoms with Gasteiger partial charge in [0.15, 0.2) is 0 Å². The van der Waals surface area contributed by atoms with Gasteiger partial charge in [0, 0.05) is 12.3 Å². The van der Waals surface area contributed by atoms with Crippen molar-refractivity contribution in [3.05, 3.63) is 22.4 Å². The van der Waals surface area contributed by atoms with Crippen LogP contribution < -0.4 is 5.43 Å². The van der Waals surface area contributed by atoms with E-state index >= 15 is 0 Å². The minimum atomic E-state index is 0.0142. The van der Waals surface area contributed by atoms with Crippen LogP contribution in [0.1, 0.15) is 18.2 Å². The Hall–Kier alpha value is -1.16. The Morgan fingerprint density at radius 1 is 1.69 bits per heavy atom. The van der Waals surface area contributed by atoms with Crippen molar-refractivity contribution in [3.8, 4) is 0 Å². The summed E-state index contributed by atoms with van der Waals surface area (Å²) < 4.78 is 0. The first-order valence-electron chi connectivity index (χ1n) is 4.17. The number of hydrogen-bond acceptors (Lipinski definition) is 3. The molecule has 0 spiro atoms. The molecule has 0 saturated heterocycles. The number of amides is 1. The lowest BCUT2D eigenvalue weighted by molar-refractivity contribution is -0.124. The van der Waals surface area contributed by atoms with Gasteiger partial charge in [-0.1, -0.05) is 13.0 Å². The van der Waals surface area contributed by atoms with E-state index in [1.54, 1.807) is 11.3 Å². The number of rotatable bonds is 1. The van der Waals surface area contributed by atoms with Gasteiger partial charge in [0.25, 0.3) is 0 Å². The van der Waals surface area contributed by atoms with Crippen LogP contribution in [0.15, 0.2) is 22.6 Å². The average Bonchev–Trinajstić information content (AvgIpc) is 2.62. The van der Waals surface area contributed by atoms with Crippen molar-refractivity contribution >= 4 is 23.0 Å². The molecule has 0 saturated carbocycles. The topological polar surface area (TPSA) is 41.5 Å². The third-order valence-corrected chi connectivity index (χ3v) is 2.97. The maximum absolute atomic E-state index is 11.1. The molecule has 0 radical (unpaired) electrons. The van der Waals surface area contributed by atoms with Crippen LogP contribution in [0.25, 0.3) is 0 Å². The molecule has 2 heterocycles. The summed E-state index contributed by atoms with van der Waals surface area (Å²) in [5.41, 5.74) is 3.51. The monoisotopic (exact) mass is 194 g/mol. The number of nitrogens with one attached hydrogen (secondary N) is 1. The Morgan fingerprint density at radius 3 is 3.15 bits per heavy atom. The summed E-state index contributed by atoms with van der Waals surface area (Å²) in [6, 6.07) is 4.01. The zero-order valence-electron chi connectivity index (χ0n) is 7.28. The fraction of sp³-hybridized carbons (Fsp3) is 0.333. The summed E-state index contributed by atoms with van der Waals surface area (Å²) in [5.74, 6) is 0.0508. The van der Waals surface area contributed by atoms with Gasteiger partial charge in [-0.2, -0.15) is 5.10 Å². The van der Waals surface area contributed by atoms with Crippen molar-refractivity contribution in [1.82, 2.24) is 5.43 Å². The van der Waals surface area contributed by atoms with Crippen LogP contribution in [-0.4, -0.2) is 11.6 Å². The second kappa shape index (κ2) is 3.30. The van der Waals surface area contributed by atoms with Crippen LogP contribution in [0.5, 0.6) is 0 Å². The van der Waals surface area contributed by atoms with E-state index in [0.29, 0.717) is 0 Å². The first-order chi connectivity index (χ1) is 6.27. The highest BCUT2D eigenvalue weighted by molar-refractivity contribution is 7.12. The maximum atomic E-state index is 11.1. The molecule has 1 aliphatic heterocycles. The second-order valence-electron chi connectivity index (χ2n) is 3.12. The van der Waals surface area contributed by atoms with Gasteiger partial charge in [-0.3, -0.25) is 4.79 Å². The van der Waals surface area contributed by atoms with E-state index in [4.69, 9.17) is 0 Å². The fourth-order valence-corrected chi connectivity index (χ4v) is 1.99.